The van der Waals surface area contributed by atoms with Crippen LogP contribution >= 0.6 is 11.3 Å². The summed E-state index contributed by atoms with van der Waals surface area (Å²) in [5, 5.41) is 3.65. The second kappa shape index (κ2) is 10.1. The molecule has 1 N–H and O–H groups in total. The molecule has 0 aliphatic rings. The van der Waals surface area contributed by atoms with E-state index >= 15 is 0 Å². The first-order valence-corrected chi connectivity index (χ1v) is 11.2. The first kappa shape index (κ1) is 21.6. The molecule has 0 bridgehead atoms. The number of rotatable bonds is 8. The lowest BCUT2D eigenvalue weighted by Crippen LogP contribution is -2.22. The van der Waals surface area contributed by atoms with Gasteiger partial charge in [0.05, 0.1) is 11.5 Å². The van der Waals surface area contributed by atoms with E-state index in [1.807, 2.05) is 73.7 Å². The van der Waals surface area contributed by atoms with E-state index in [-0.39, 0.29) is 11.5 Å². The number of carbonyl (C=O) groups excluding carboxylic acids is 1. The number of aryl methyl sites for hydroxylation is 1. The molecule has 0 saturated heterocycles. The molecule has 4 rings (SSSR count). The summed E-state index contributed by atoms with van der Waals surface area (Å²) in [6.07, 6.45) is 2.46. The van der Waals surface area contributed by atoms with Crippen LogP contribution in [0.4, 0.5) is 0 Å². The molecule has 4 aromatic rings. The van der Waals surface area contributed by atoms with Crippen LogP contribution in [0.15, 0.2) is 89.9 Å². The number of nitrogens with one attached hydrogen (secondary N) is 1. The average molecular weight is 445 g/mol. The first-order chi connectivity index (χ1) is 15.6. The Morgan fingerprint density at radius 3 is 2.34 bits per heavy atom. The van der Waals surface area contributed by atoms with Crippen molar-refractivity contribution in [3.05, 3.63) is 117 Å². The zero-order valence-corrected chi connectivity index (χ0v) is 18.6. The van der Waals surface area contributed by atoms with Gasteiger partial charge in [-0.1, -0.05) is 60.7 Å². The van der Waals surface area contributed by atoms with Gasteiger partial charge in [-0.2, -0.15) is 0 Å². The fraction of sp³-hybridized carbons (Fsp3) is 0.154. The van der Waals surface area contributed by atoms with E-state index in [4.69, 9.17) is 4.74 Å². The summed E-state index contributed by atoms with van der Waals surface area (Å²) in [6.45, 7) is 2.84. The highest BCUT2D eigenvalue weighted by atomic mass is 32.1. The van der Waals surface area contributed by atoms with Crippen LogP contribution in [0.5, 0.6) is 5.75 Å². The lowest BCUT2D eigenvalue weighted by Gasteiger charge is -2.08. The molecular formula is C26H24N2O3S. The maximum atomic E-state index is 12.7. The van der Waals surface area contributed by atoms with Crippen LogP contribution in [0.25, 0.3) is 5.00 Å². The van der Waals surface area contributed by atoms with Crippen LogP contribution < -0.4 is 15.6 Å². The number of nitrogens with zero attached hydrogens (tertiary/aromatic N) is 1. The van der Waals surface area contributed by atoms with Crippen molar-refractivity contribution in [2.24, 2.45) is 0 Å². The predicted octanol–water partition coefficient (Wildman–Crippen LogP) is 4.76. The van der Waals surface area contributed by atoms with Crippen molar-refractivity contribution in [1.82, 2.24) is 9.88 Å². The standard InChI is InChI=1S/C26H24N2O3S/c1-19-16-24(32-25(19)26(30)27-18-21-10-6-3-7-11-21)28-14-12-22(17-23(28)29)31-15-13-20-8-4-2-5-9-20/h2-12,14,16-17H,13,15,18H2,1H3,(H,27,30). The Balaban J connectivity index is 1.41. The Morgan fingerprint density at radius 1 is 0.969 bits per heavy atom. The number of amides is 1. The van der Waals surface area contributed by atoms with Crippen LogP contribution in [0.3, 0.4) is 0 Å². The number of aromatic nitrogens is 1. The van der Waals surface area contributed by atoms with Gasteiger partial charge in [-0.25, -0.2) is 0 Å². The van der Waals surface area contributed by atoms with Gasteiger partial charge < -0.3 is 10.1 Å². The summed E-state index contributed by atoms with van der Waals surface area (Å²) < 4.78 is 7.29. The molecule has 6 heteroatoms. The zero-order valence-electron chi connectivity index (χ0n) is 17.8. The molecule has 1 amide bonds. The summed E-state index contributed by atoms with van der Waals surface area (Å²) in [7, 11) is 0. The molecule has 32 heavy (non-hydrogen) atoms. The molecule has 0 radical (unpaired) electrons. The van der Waals surface area contributed by atoms with E-state index < -0.39 is 0 Å². The van der Waals surface area contributed by atoms with Crippen molar-refractivity contribution < 1.29 is 9.53 Å². The largest absolute Gasteiger partial charge is 0.493 e. The molecule has 0 saturated carbocycles. The zero-order chi connectivity index (χ0) is 22.3. The summed E-state index contributed by atoms with van der Waals surface area (Å²) >= 11 is 1.30. The number of hydrogen-bond donors (Lipinski definition) is 1. The summed E-state index contributed by atoms with van der Waals surface area (Å²) in [5.74, 6) is 0.396. The average Bonchev–Trinajstić information content (AvgIpc) is 3.20. The number of benzene rings is 2. The first-order valence-electron chi connectivity index (χ1n) is 10.4. The molecule has 0 aliphatic carbocycles. The van der Waals surface area contributed by atoms with Gasteiger partial charge in [-0.3, -0.25) is 14.2 Å². The molecule has 162 valence electrons. The van der Waals surface area contributed by atoms with Gasteiger partial charge in [0, 0.05) is 25.2 Å². The third kappa shape index (κ3) is 5.34. The maximum Gasteiger partial charge on any atom is 0.261 e. The normalized spacial score (nSPS) is 10.7. The van der Waals surface area contributed by atoms with E-state index in [1.54, 1.807) is 12.3 Å². The number of hydrogen-bond acceptors (Lipinski definition) is 4. The highest BCUT2D eigenvalue weighted by molar-refractivity contribution is 7.16. The lowest BCUT2D eigenvalue weighted by atomic mass is 10.2. The molecule has 2 aromatic heterocycles. The molecule has 5 nitrogen and oxygen atoms in total. The summed E-state index contributed by atoms with van der Waals surface area (Å²) in [5.41, 5.74) is 2.87. The number of pyridine rings is 1. The van der Waals surface area contributed by atoms with Crippen LogP contribution in [-0.4, -0.2) is 17.1 Å². The van der Waals surface area contributed by atoms with Gasteiger partial charge in [0.1, 0.15) is 10.8 Å². The number of ether oxygens (including phenoxy) is 1. The molecule has 0 atom stereocenters. The molecular weight excluding hydrogens is 420 g/mol. The molecule has 2 aromatic carbocycles. The van der Waals surface area contributed by atoms with Crippen molar-refractivity contribution in [3.63, 3.8) is 0 Å². The van der Waals surface area contributed by atoms with Crippen molar-refractivity contribution in [3.8, 4) is 10.8 Å². The highest BCUT2D eigenvalue weighted by Crippen LogP contribution is 2.25. The summed E-state index contributed by atoms with van der Waals surface area (Å²) in [4.78, 5) is 25.9. The minimum atomic E-state index is -0.195. The van der Waals surface area contributed by atoms with E-state index in [9.17, 15) is 9.59 Å². The molecule has 2 heterocycles. The molecule has 0 fully saturated rings. The quantitative estimate of drug-likeness (QED) is 0.426. The van der Waals surface area contributed by atoms with E-state index in [2.05, 4.69) is 5.32 Å². The van der Waals surface area contributed by atoms with Gasteiger partial charge in [0.15, 0.2) is 0 Å². The maximum absolute atomic E-state index is 12.7. The van der Waals surface area contributed by atoms with Crippen LogP contribution in [0, 0.1) is 6.92 Å². The molecule has 0 aliphatic heterocycles. The molecule has 0 unspecified atom stereocenters. The second-order valence-corrected chi connectivity index (χ2v) is 8.45. The van der Waals surface area contributed by atoms with E-state index in [0.29, 0.717) is 28.8 Å². The number of thiophene rings is 1. The Hall–Kier alpha value is -3.64. The predicted molar refractivity (Wildman–Crippen MR) is 128 cm³/mol. The smallest absolute Gasteiger partial charge is 0.261 e. The van der Waals surface area contributed by atoms with Crippen molar-refractivity contribution in [2.45, 2.75) is 19.9 Å². The van der Waals surface area contributed by atoms with E-state index in [0.717, 1.165) is 17.5 Å². The lowest BCUT2D eigenvalue weighted by molar-refractivity contribution is 0.0954. The fourth-order valence-electron chi connectivity index (χ4n) is 3.33. The monoisotopic (exact) mass is 444 g/mol. The minimum absolute atomic E-state index is 0.142. The summed E-state index contributed by atoms with van der Waals surface area (Å²) in [6, 6.07) is 25.0. The van der Waals surface area contributed by atoms with E-state index in [1.165, 1.54) is 27.5 Å². The van der Waals surface area contributed by atoms with Gasteiger partial charge in [-0.05, 0) is 35.7 Å². The second-order valence-electron chi connectivity index (χ2n) is 7.42. The van der Waals surface area contributed by atoms with Gasteiger partial charge in [0.25, 0.3) is 11.5 Å². The van der Waals surface area contributed by atoms with Crippen molar-refractivity contribution in [1.29, 1.82) is 0 Å². The van der Waals surface area contributed by atoms with Crippen LogP contribution in [0.1, 0.15) is 26.4 Å². The Morgan fingerprint density at radius 2 is 1.66 bits per heavy atom. The van der Waals surface area contributed by atoms with Gasteiger partial charge in [-0.15, -0.1) is 11.3 Å². The SMILES string of the molecule is Cc1cc(-n2ccc(OCCc3ccccc3)cc2=O)sc1C(=O)NCc1ccccc1. The minimum Gasteiger partial charge on any atom is -0.493 e. The highest BCUT2D eigenvalue weighted by Gasteiger charge is 2.15. The van der Waals surface area contributed by atoms with Gasteiger partial charge >= 0.3 is 0 Å². The van der Waals surface area contributed by atoms with Crippen LogP contribution in [-0.2, 0) is 13.0 Å². The van der Waals surface area contributed by atoms with Crippen molar-refractivity contribution >= 4 is 17.2 Å². The fourth-order valence-corrected chi connectivity index (χ4v) is 4.41. The third-order valence-corrected chi connectivity index (χ3v) is 6.27. The Kier molecular flexibility index (Phi) is 6.82. The van der Waals surface area contributed by atoms with Gasteiger partial charge in [0.2, 0.25) is 0 Å². The number of carbonyl (C=O) groups is 1. The third-order valence-electron chi connectivity index (χ3n) is 5.04. The van der Waals surface area contributed by atoms with Crippen LogP contribution in [0.2, 0.25) is 0 Å². The Bertz CT molecular complexity index is 1250. The van der Waals surface area contributed by atoms with Crippen molar-refractivity contribution in [2.75, 3.05) is 6.61 Å². The molecule has 0 spiro atoms. The Labute approximate surface area is 190 Å². The topological polar surface area (TPSA) is 60.3 Å².